The second kappa shape index (κ2) is 3.49. The number of aryl methyl sites for hydroxylation is 1. The number of benzene rings is 1. The van der Waals surface area contributed by atoms with Crippen LogP contribution in [0.4, 0.5) is 4.39 Å². The standard InChI is InChI=1S/C9H6BrFN2O/c1-5-12-9(14-13-5)7-3-2-6(10)4-8(7)11/h2-4H,1H3. The zero-order valence-corrected chi connectivity index (χ0v) is 8.88. The number of halogens is 2. The summed E-state index contributed by atoms with van der Waals surface area (Å²) in [7, 11) is 0. The lowest BCUT2D eigenvalue weighted by atomic mass is 10.2. The molecular weight excluding hydrogens is 251 g/mol. The molecule has 0 atom stereocenters. The van der Waals surface area contributed by atoms with E-state index in [1.165, 1.54) is 6.07 Å². The fourth-order valence-electron chi connectivity index (χ4n) is 1.07. The van der Waals surface area contributed by atoms with Gasteiger partial charge in [0.1, 0.15) is 5.82 Å². The fourth-order valence-corrected chi connectivity index (χ4v) is 1.40. The van der Waals surface area contributed by atoms with Crippen molar-refractivity contribution in [3.8, 4) is 11.5 Å². The molecule has 0 fully saturated rings. The summed E-state index contributed by atoms with van der Waals surface area (Å²) in [5, 5.41) is 3.59. The van der Waals surface area contributed by atoms with Crippen LogP contribution in [0.3, 0.4) is 0 Å². The predicted molar refractivity (Wildman–Crippen MR) is 52.1 cm³/mol. The first-order valence-corrected chi connectivity index (χ1v) is 4.72. The van der Waals surface area contributed by atoms with Crippen molar-refractivity contribution < 1.29 is 8.91 Å². The minimum atomic E-state index is -0.386. The number of nitrogens with zero attached hydrogens (tertiary/aromatic N) is 2. The molecule has 2 aromatic rings. The van der Waals surface area contributed by atoms with Crippen LogP contribution >= 0.6 is 15.9 Å². The molecule has 2 rings (SSSR count). The molecule has 0 N–H and O–H groups in total. The van der Waals surface area contributed by atoms with E-state index in [2.05, 4.69) is 26.1 Å². The molecule has 0 saturated heterocycles. The van der Waals surface area contributed by atoms with Gasteiger partial charge < -0.3 is 4.52 Å². The molecule has 0 aliphatic rings. The summed E-state index contributed by atoms with van der Waals surface area (Å²) in [5.41, 5.74) is 0.314. The SMILES string of the molecule is Cc1noc(-c2ccc(Br)cc2F)n1. The number of hydrogen-bond acceptors (Lipinski definition) is 3. The number of hydrogen-bond donors (Lipinski definition) is 0. The van der Waals surface area contributed by atoms with E-state index < -0.39 is 0 Å². The Kier molecular flexibility index (Phi) is 2.33. The summed E-state index contributed by atoms with van der Waals surface area (Å²) in [6.07, 6.45) is 0. The lowest BCUT2D eigenvalue weighted by Crippen LogP contribution is -1.84. The van der Waals surface area contributed by atoms with Crippen molar-refractivity contribution in [2.45, 2.75) is 6.92 Å². The van der Waals surface area contributed by atoms with Crippen LogP contribution in [0.1, 0.15) is 5.82 Å². The van der Waals surface area contributed by atoms with Gasteiger partial charge in [0.05, 0.1) is 5.56 Å². The highest BCUT2D eigenvalue weighted by molar-refractivity contribution is 9.10. The van der Waals surface area contributed by atoms with Gasteiger partial charge in [0, 0.05) is 4.47 Å². The summed E-state index contributed by atoms with van der Waals surface area (Å²) in [6.45, 7) is 1.68. The van der Waals surface area contributed by atoms with E-state index in [1.807, 2.05) is 0 Å². The molecule has 0 spiro atoms. The molecule has 0 saturated carbocycles. The first kappa shape index (κ1) is 9.33. The van der Waals surface area contributed by atoms with Crippen LogP contribution < -0.4 is 0 Å². The van der Waals surface area contributed by atoms with Gasteiger partial charge in [0.15, 0.2) is 5.82 Å². The average molecular weight is 257 g/mol. The quantitative estimate of drug-likeness (QED) is 0.788. The third-order valence-electron chi connectivity index (χ3n) is 1.69. The molecule has 0 aliphatic heterocycles. The molecular formula is C9H6BrFN2O. The third kappa shape index (κ3) is 1.68. The largest absolute Gasteiger partial charge is 0.334 e. The zero-order chi connectivity index (χ0) is 10.1. The lowest BCUT2D eigenvalue weighted by molar-refractivity contribution is 0.423. The minimum Gasteiger partial charge on any atom is -0.334 e. The number of aromatic nitrogens is 2. The highest BCUT2D eigenvalue weighted by Crippen LogP contribution is 2.23. The monoisotopic (exact) mass is 256 g/mol. The van der Waals surface area contributed by atoms with E-state index in [1.54, 1.807) is 19.1 Å². The summed E-state index contributed by atoms with van der Waals surface area (Å²) in [5.74, 6) is 0.304. The van der Waals surface area contributed by atoms with Gasteiger partial charge >= 0.3 is 0 Å². The van der Waals surface area contributed by atoms with Gasteiger partial charge in [-0.2, -0.15) is 4.98 Å². The maximum absolute atomic E-state index is 13.4. The van der Waals surface area contributed by atoms with E-state index in [0.717, 1.165) is 0 Å². The molecule has 0 aliphatic carbocycles. The van der Waals surface area contributed by atoms with E-state index >= 15 is 0 Å². The Balaban J connectivity index is 2.52. The second-order valence-corrected chi connectivity index (χ2v) is 3.69. The molecule has 1 heterocycles. The van der Waals surface area contributed by atoms with Crippen LogP contribution in [-0.4, -0.2) is 10.1 Å². The Morgan fingerprint density at radius 3 is 2.79 bits per heavy atom. The molecule has 5 heteroatoms. The molecule has 0 bridgehead atoms. The van der Waals surface area contributed by atoms with Gasteiger partial charge in [-0.1, -0.05) is 21.1 Å². The van der Waals surface area contributed by atoms with Gasteiger partial charge in [-0.15, -0.1) is 0 Å². The Morgan fingerprint density at radius 2 is 2.21 bits per heavy atom. The summed E-state index contributed by atoms with van der Waals surface area (Å²) in [6, 6.07) is 4.67. The highest BCUT2D eigenvalue weighted by atomic mass is 79.9. The van der Waals surface area contributed by atoms with Crippen molar-refractivity contribution in [3.63, 3.8) is 0 Å². The van der Waals surface area contributed by atoms with Crippen LogP contribution in [0.2, 0.25) is 0 Å². The second-order valence-electron chi connectivity index (χ2n) is 2.77. The van der Waals surface area contributed by atoms with Crippen molar-refractivity contribution in [3.05, 3.63) is 34.3 Å². The summed E-state index contributed by atoms with van der Waals surface area (Å²) in [4.78, 5) is 3.94. The number of rotatable bonds is 1. The molecule has 0 radical (unpaired) electrons. The van der Waals surface area contributed by atoms with Crippen molar-refractivity contribution >= 4 is 15.9 Å². The third-order valence-corrected chi connectivity index (χ3v) is 2.18. The Labute approximate surface area is 88.1 Å². The maximum Gasteiger partial charge on any atom is 0.260 e. The van der Waals surface area contributed by atoms with E-state index in [9.17, 15) is 4.39 Å². The van der Waals surface area contributed by atoms with Crippen LogP contribution in [0.25, 0.3) is 11.5 Å². The zero-order valence-electron chi connectivity index (χ0n) is 7.29. The molecule has 72 valence electrons. The first-order chi connectivity index (χ1) is 6.66. The lowest BCUT2D eigenvalue weighted by Gasteiger charge is -1.96. The Hall–Kier alpha value is -1.23. The normalized spacial score (nSPS) is 10.5. The molecule has 0 amide bonds. The fraction of sp³-hybridized carbons (Fsp3) is 0.111. The van der Waals surface area contributed by atoms with Crippen LogP contribution in [0.5, 0.6) is 0 Å². The van der Waals surface area contributed by atoms with Crippen molar-refractivity contribution in [2.75, 3.05) is 0 Å². The summed E-state index contributed by atoms with van der Waals surface area (Å²) >= 11 is 3.17. The first-order valence-electron chi connectivity index (χ1n) is 3.92. The molecule has 14 heavy (non-hydrogen) atoms. The molecule has 1 aromatic heterocycles. The van der Waals surface area contributed by atoms with Crippen molar-refractivity contribution in [2.24, 2.45) is 0 Å². The van der Waals surface area contributed by atoms with E-state index in [-0.39, 0.29) is 11.7 Å². The topological polar surface area (TPSA) is 38.9 Å². The Bertz CT molecular complexity index is 470. The maximum atomic E-state index is 13.4. The molecule has 3 nitrogen and oxygen atoms in total. The Morgan fingerprint density at radius 1 is 1.43 bits per heavy atom. The van der Waals surface area contributed by atoms with Gasteiger partial charge in [0.2, 0.25) is 0 Å². The van der Waals surface area contributed by atoms with E-state index in [4.69, 9.17) is 4.52 Å². The van der Waals surface area contributed by atoms with Gasteiger partial charge in [-0.05, 0) is 25.1 Å². The minimum absolute atomic E-state index is 0.201. The van der Waals surface area contributed by atoms with Crippen molar-refractivity contribution in [1.82, 2.24) is 10.1 Å². The smallest absolute Gasteiger partial charge is 0.260 e. The predicted octanol–water partition coefficient (Wildman–Crippen LogP) is 2.95. The highest BCUT2D eigenvalue weighted by Gasteiger charge is 2.11. The average Bonchev–Trinajstić information content (AvgIpc) is 2.51. The van der Waals surface area contributed by atoms with Crippen LogP contribution in [0, 0.1) is 12.7 Å². The van der Waals surface area contributed by atoms with Crippen molar-refractivity contribution in [1.29, 1.82) is 0 Å². The van der Waals surface area contributed by atoms with Gasteiger partial charge in [-0.3, -0.25) is 0 Å². The van der Waals surface area contributed by atoms with Gasteiger partial charge in [-0.25, -0.2) is 4.39 Å². The van der Waals surface area contributed by atoms with Crippen LogP contribution in [-0.2, 0) is 0 Å². The van der Waals surface area contributed by atoms with E-state index in [0.29, 0.717) is 15.9 Å². The summed E-state index contributed by atoms with van der Waals surface area (Å²) < 4.78 is 18.9. The van der Waals surface area contributed by atoms with Crippen LogP contribution in [0.15, 0.2) is 27.2 Å². The van der Waals surface area contributed by atoms with Gasteiger partial charge in [0.25, 0.3) is 5.89 Å². The molecule has 1 aromatic carbocycles. The molecule has 0 unspecified atom stereocenters.